The van der Waals surface area contributed by atoms with Gasteiger partial charge in [0, 0.05) is 38.3 Å². The molecule has 0 aromatic heterocycles. The third-order valence-corrected chi connectivity index (χ3v) is 4.60. The maximum atomic E-state index is 6.39. The minimum atomic E-state index is 0.420. The number of likely N-dealkylation sites (N-methyl/N-ethyl adjacent to an activating group) is 1. The van der Waals surface area contributed by atoms with Crippen molar-refractivity contribution in [3.63, 3.8) is 0 Å². The monoisotopic (exact) mass is 239 g/mol. The number of rotatable bonds is 2. The fourth-order valence-corrected chi connectivity index (χ4v) is 3.36. The topological polar surface area (TPSA) is 32.5 Å². The Labute approximate surface area is 106 Å². The highest BCUT2D eigenvalue weighted by Crippen LogP contribution is 2.21. The zero-order valence-corrected chi connectivity index (χ0v) is 11.4. The van der Waals surface area contributed by atoms with E-state index in [4.69, 9.17) is 5.73 Å². The minimum absolute atomic E-state index is 0.420. The van der Waals surface area contributed by atoms with Gasteiger partial charge in [-0.2, -0.15) is 0 Å². The van der Waals surface area contributed by atoms with E-state index in [1.54, 1.807) is 0 Å². The van der Waals surface area contributed by atoms with E-state index >= 15 is 0 Å². The second kappa shape index (κ2) is 6.72. The number of piperazine rings is 1. The molecule has 1 aliphatic carbocycles. The molecule has 2 rings (SSSR count). The lowest BCUT2D eigenvalue weighted by Gasteiger charge is -2.42. The molecular weight excluding hydrogens is 210 g/mol. The van der Waals surface area contributed by atoms with Crippen LogP contribution in [0.1, 0.15) is 45.4 Å². The van der Waals surface area contributed by atoms with Crippen LogP contribution in [0.25, 0.3) is 0 Å². The number of hydrogen-bond donors (Lipinski definition) is 1. The molecule has 0 spiro atoms. The summed E-state index contributed by atoms with van der Waals surface area (Å²) in [7, 11) is 0. The Kier molecular flexibility index (Phi) is 5.26. The Morgan fingerprint density at radius 2 is 1.59 bits per heavy atom. The summed E-state index contributed by atoms with van der Waals surface area (Å²) in [6.45, 7) is 8.39. The molecule has 1 aliphatic heterocycles. The second-order valence-electron chi connectivity index (χ2n) is 5.69. The SMILES string of the molecule is CCN1CCN(C2CCCCCCC2N)CC1. The Balaban J connectivity index is 1.86. The molecule has 0 bridgehead atoms. The van der Waals surface area contributed by atoms with Crippen molar-refractivity contribution in [2.45, 2.75) is 57.5 Å². The highest BCUT2D eigenvalue weighted by atomic mass is 15.3. The molecule has 0 amide bonds. The molecule has 3 nitrogen and oxygen atoms in total. The predicted octanol–water partition coefficient (Wildman–Crippen LogP) is 1.67. The van der Waals surface area contributed by atoms with Crippen molar-refractivity contribution < 1.29 is 0 Å². The molecule has 100 valence electrons. The van der Waals surface area contributed by atoms with Gasteiger partial charge in [-0.15, -0.1) is 0 Å². The first-order valence-corrected chi connectivity index (χ1v) is 7.53. The first kappa shape index (κ1) is 13.3. The largest absolute Gasteiger partial charge is 0.326 e. The van der Waals surface area contributed by atoms with Gasteiger partial charge in [0.05, 0.1) is 0 Å². The van der Waals surface area contributed by atoms with Crippen molar-refractivity contribution in [3.05, 3.63) is 0 Å². The lowest BCUT2D eigenvalue weighted by molar-refractivity contribution is 0.0777. The zero-order valence-electron chi connectivity index (χ0n) is 11.4. The second-order valence-corrected chi connectivity index (χ2v) is 5.69. The van der Waals surface area contributed by atoms with E-state index in [2.05, 4.69) is 16.7 Å². The van der Waals surface area contributed by atoms with Gasteiger partial charge in [-0.05, 0) is 19.4 Å². The summed E-state index contributed by atoms with van der Waals surface area (Å²) >= 11 is 0. The third-order valence-electron chi connectivity index (χ3n) is 4.60. The van der Waals surface area contributed by atoms with Gasteiger partial charge in [0.2, 0.25) is 0 Å². The van der Waals surface area contributed by atoms with E-state index in [0.717, 1.165) is 0 Å². The quantitative estimate of drug-likeness (QED) is 0.796. The summed E-state index contributed by atoms with van der Waals surface area (Å²) in [6.07, 6.45) is 8.09. The molecule has 3 heteroatoms. The molecule has 17 heavy (non-hydrogen) atoms. The maximum absolute atomic E-state index is 6.39. The van der Waals surface area contributed by atoms with Crippen molar-refractivity contribution in [2.24, 2.45) is 5.73 Å². The summed E-state index contributed by atoms with van der Waals surface area (Å²) < 4.78 is 0. The molecule has 1 saturated carbocycles. The molecule has 2 fully saturated rings. The van der Waals surface area contributed by atoms with Gasteiger partial charge in [0.25, 0.3) is 0 Å². The van der Waals surface area contributed by atoms with Gasteiger partial charge in [-0.25, -0.2) is 0 Å². The van der Waals surface area contributed by atoms with E-state index < -0.39 is 0 Å². The molecule has 0 aromatic carbocycles. The van der Waals surface area contributed by atoms with Crippen LogP contribution in [0.3, 0.4) is 0 Å². The van der Waals surface area contributed by atoms with Gasteiger partial charge < -0.3 is 10.6 Å². The fraction of sp³-hybridized carbons (Fsp3) is 1.00. The van der Waals surface area contributed by atoms with Crippen molar-refractivity contribution in [1.29, 1.82) is 0 Å². The minimum Gasteiger partial charge on any atom is -0.326 e. The molecule has 0 aromatic rings. The Hall–Kier alpha value is -0.120. The van der Waals surface area contributed by atoms with Crippen LogP contribution in [0, 0.1) is 0 Å². The fourth-order valence-electron chi connectivity index (χ4n) is 3.36. The van der Waals surface area contributed by atoms with Crippen LogP contribution >= 0.6 is 0 Å². The number of nitrogens with zero attached hydrogens (tertiary/aromatic N) is 2. The van der Waals surface area contributed by atoms with E-state index in [1.807, 2.05) is 0 Å². The smallest absolute Gasteiger partial charge is 0.0248 e. The molecule has 1 heterocycles. The lowest BCUT2D eigenvalue weighted by atomic mass is 9.91. The highest BCUT2D eigenvalue weighted by molar-refractivity contribution is 4.86. The van der Waals surface area contributed by atoms with Gasteiger partial charge in [-0.3, -0.25) is 4.90 Å². The summed E-state index contributed by atoms with van der Waals surface area (Å²) in [6, 6.07) is 1.08. The average Bonchev–Trinajstić information content (AvgIpc) is 2.35. The predicted molar refractivity (Wildman–Crippen MR) is 73.2 cm³/mol. The van der Waals surface area contributed by atoms with Crippen molar-refractivity contribution in [1.82, 2.24) is 9.80 Å². The third kappa shape index (κ3) is 3.67. The first-order valence-electron chi connectivity index (χ1n) is 7.53. The van der Waals surface area contributed by atoms with Crippen LogP contribution in [-0.4, -0.2) is 54.6 Å². The summed E-state index contributed by atoms with van der Waals surface area (Å²) in [5.41, 5.74) is 6.39. The average molecular weight is 239 g/mol. The van der Waals surface area contributed by atoms with Crippen molar-refractivity contribution >= 4 is 0 Å². The molecule has 2 aliphatic rings. The Morgan fingerprint density at radius 1 is 0.941 bits per heavy atom. The maximum Gasteiger partial charge on any atom is 0.0248 e. The Bertz CT molecular complexity index is 212. The summed E-state index contributed by atoms with van der Waals surface area (Å²) in [4.78, 5) is 5.22. The first-order chi connectivity index (χ1) is 8.31. The number of nitrogens with two attached hydrogens (primary N) is 1. The van der Waals surface area contributed by atoms with E-state index in [-0.39, 0.29) is 0 Å². The van der Waals surface area contributed by atoms with Gasteiger partial charge in [0.15, 0.2) is 0 Å². The van der Waals surface area contributed by atoms with E-state index in [9.17, 15) is 0 Å². The molecule has 2 atom stereocenters. The molecular formula is C14H29N3. The lowest BCUT2D eigenvalue weighted by Crippen LogP contribution is -2.55. The van der Waals surface area contributed by atoms with Crippen LogP contribution in [0.5, 0.6) is 0 Å². The van der Waals surface area contributed by atoms with Crippen LogP contribution < -0.4 is 5.73 Å². The zero-order chi connectivity index (χ0) is 12.1. The van der Waals surface area contributed by atoms with E-state index in [0.29, 0.717) is 12.1 Å². The normalized spacial score (nSPS) is 34.2. The molecule has 2 N–H and O–H groups in total. The number of hydrogen-bond acceptors (Lipinski definition) is 3. The van der Waals surface area contributed by atoms with Crippen LogP contribution in [0.15, 0.2) is 0 Å². The van der Waals surface area contributed by atoms with Crippen molar-refractivity contribution in [2.75, 3.05) is 32.7 Å². The van der Waals surface area contributed by atoms with Crippen LogP contribution in [0.4, 0.5) is 0 Å². The van der Waals surface area contributed by atoms with Crippen LogP contribution in [0.2, 0.25) is 0 Å². The van der Waals surface area contributed by atoms with Gasteiger partial charge >= 0.3 is 0 Å². The highest BCUT2D eigenvalue weighted by Gasteiger charge is 2.27. The van der Waals surface area contributed by atoms with Crippen molar-refractivity contribution in [3.8, 4) is 0 Å². The molecule has 1 saturated heterocycles. The summed E-state index contributed by atoms with van der Waals surface area (Å²) in [5.74, 6) is 0. The standard InChI is InChI=1S/C14H29N3/c1-2-16-9-11-17(12-10-16)14-8-6-4-3-5-7-13(14)15/h13-14H,2-12,15H2,1H3. The van der Waals surface area contributed by atoms with Crippen LogP contribution in [-0.2, 0) is 0 Å². The van der Waals surface area contributed by atoms with Gasteiger partial charge in [-0.1, -0.05) is 32.6 Å². The Morgan fingerprint density at radius 3 is 2.24 bits per heavy atom. The molecule has 2 unspecified atom stereocenters. The van der Waals surface area contributed by atoms with E-state index in [1.165, 1.54) is 71.2 Å². The summed E-state index contributed by atoms with van der Waals surface area (Å²) in [5, 5.41) is 0. The van der Waals surface area contributed by atoms with Gasteiger partial charge in [0.1, 0.15) is 0 Å². The molecule has 0 radical (unpaired) electrons.